The minimum Gasteiger partial charge on any atom is -0.442 e. The number of aromatic nitrogens is 2. The molecular formula is C20H19N3O4. The number of nitrogens with zero attached hydrogens (tertiary/aromatic N) is 2. The summed E-state index contributed by atoms with van der Waals surface area (Å²) in [5.41, 5.74) is 1.53. The van der Waals surface area contributed by atoms with Gasteiger partial charge in [-0.1, -0.05) is 48.5 Å². The van der Waals surface area contributed by atoms with Crippen molar-refractivity contribution in [2.75, 3.05) is 26.3 Å². The fourth-order valence-corrected chi connectivity index (χ4v) is 3.12. The Balaban J connectivity index is 1.62. The van der Waals surface area contributed by atoms with E-state index in [9.17, 15) is 9.59 Å². The highest BCUT2D eigenvalue weighted by atomic mass is 16.5. The number of para-hydroxylation sites is 1. The van der Waals surface area contributed by atoms with Crippen LogP contribution in [0.1, 0.15) is 22.2 Å². The molecule has 0 saturated carbocycles. The average molecular weight is 365 g/mol. The van der Waals surface area contributed by atoms with Crippen molar-refractivity contribution in [3.63, 3.8) is 0 Å². The minimum atomic E-state index is -1.02. The summed E-state index contributed by atoms with van der Waals surface area (Å²) in [6, 6.07) is 16.3. The number of morpholine rings is 1. The second-order valence-corrected chi connectivity index (χ2v) is 6.25. The summed E-state index contributed by atoms with van der Waals surface area (Å²) in [5.74, 6) is -0.888. The van der Waals surface area contributed by atoms with Crippen LogP contribution in [0.15, 0.2) is 54.6 Å². The lowest BCUT2D eigenvalue weighted by Crippen LogP contribution is -2.44. The molecule has 1 aromatic heterocycles. The highest BCUT2D eigenvalue weighted by Gasteiger charge is 2.31. The van der Waals surface area contributed by atoms with Gasteiger partial charge in [0.1, 0.15) is 0 Å². The number of H-pyrrole nitrogens is 1. The lowest BCUT2D eigenvalue weighted by atomic mass is 10.1. The molecule has 7 nitrogen and oxygen atoms in total. The Hall–Kier alpha value is -3.19. The molecule has 1 saturated heterocycles. The molecule has 138 valence electrons. The third-order valence-corrected chi connectivity index (χ3v) is 4.54. The van der Waals surface area contributed by atoms with Crippen molar-refractivity contribution in [1.29, 1.82) is 0 Å². The van der Waals surface area contributed by atoms with E-state index < -0.39 is 12.1 Å². The van der Waals surface area contributed by atoms with E-state index in [1.165, 1.54) is 0 Å². The van der Waals surface area contributed by atoms with Crippen molar-refractivity contribution in [3.05, 3.63) is 65.9 Å². The van der Waals surface area contributed by atoms with Gasteiger partial charge in [-0.05, 0) is 6.07 Å². The number of amides is 1. The standard InChI is InChI=1S/C20H19N3O4/c24-19(23-10-12-26-13-11-23)18(14-6-2-1-3-7-14)27-20(25)17-15-8-4-5-9-16(15)21-22-17/h1-9,18H,10-13H2,(H,21,22)/t18-/m0/s1. The molecule has 1 fully saturated rings. The first-order valence-electron chi connectivity index (χ1n) is 8.79. The fraction of sp³-hybridized carbons (Fsp3) is 0.250. The first-order chi connectivity index (χ1) is 13.2. The van der Waals surface area contributed by atoms with Gasteiger partial charge in [-0.3, -0.25) is 9.89 Å². The van der Waals surface area contributed by atoms with Gasteiger partial charge in [0, 0.05) is 24.0 Å². The number of ether oxygens (including phenoxy) is 2. The molecule has 2 heterocycles. The molecule has 1 aliphatic heterocycles. The van der Waals surface area contributed by atoms with Crippen LogP contribution in [-0.4, -0.2) is 53.3 Å². The number of esters is 1. The minimum absolute atomic E-state index is 0.168. The van der Waals surface area contributed by atoms with E-state index in [0.717, 1.165) is 5.52 Å². The predicted octanol–water partition coefficient (Wildman–Crippen LogP) is 2.32. The first-order valence-corrected chi connectivity index (χ1v) is 8.79. The van der Waals surface area contributed by atoms with Crippen molar-refractivity contribution in [2.24, 2.45) is 0 Å². The summed E-state index contributed by atoms with van der Waals surface area (Å²) in [7, 11) is 0. The Morgan fingerprint density at radius 1 is 1.04 bits per heavy atom. The highest BCUT2D eigenvalue weighted by molar-refractivity contribution is 6.02. The number of rotatable bonds is 4. The first kappa shape index (κ1) is 17.2. The molecule has 0 unspecified atom stereocenters. The maximum atomic E-state index is 13.0. The molecule has 4 rings (SSSR count). The van der Waals surface area contributed by atoms with E-state index in [2.05, 4.69) is 10.2 Å². The van der Waals surface area contributed by atoms with Gasteiger partial charge < -0.3 is 14.4 Å². The Kier molecular flexibility index (Phi) is 4.84. The van der Waals surface area contributed by atoms with Gasteiger partial charge in [-0.2, -0.15) is 5.10 Å². The maximum absolute atomic E-state index is 13.0. The van der Waals surface area contributed by atoms with Gasteiger partial charge in [0.25, 0.3) is 5.91 Å². The van der Waals surface area contributed by atoms with Gasteiger partial charge >= 0.3 is 5.97 Å². The van der Waals surface area contributed by atoms with E-state index in [1.807, 2.05) is 36.4 Å². The summed E-state index contributed by atoms with van der Waals surface area (Å²) >= 11 is 0. The maximum Gasteiger partial charge on any atom is 0.360 e. The third-order valence-electron chi connectivity index (χ3n) is 4.54. The zero-order valence-corrected chi connectivity index (χ0v) is 14.6. The number of fused-ring (bicyclic) bond motifs is 1. The predicted molar refractivity (Wildman–Crippen MR) is 98.1 cm³/mol. The Labute approximate surface area is 155 Å². The second-order valence-electron chi connectivity index (χ2n) is 6.25. The van der Waals surface area contributed by atoms with Crippen LogP contribution in [0.25, 0.3) is 10.9 Å². The average Bonchev–Trinajstić information content (AvgIpc) is 3.17. The smallest absolute Gasteiger partial charge is 0.360 e. The van der Waals surface area contributed by atoms with Gasteiger partial charge in [-0.15, -0.1) is 0 Å². The molecule has 0 spiro atoms. The molecule has 0 bridgehead atoms. The molecule has 0 radical (unpaired) electrons. The number of benzene rings is 2. The summed E-state index contributed by atoms with van der Waals surface area (Å²) < 4.78 is 11.0. The van der Waals surface area contributed by atoms with Crippen LogP contribution in [0.3, 0.4) is 0 Å². The SMILES string of the molecule is O=C(O[C@H](C(=O)N1CCOCC1)c1ccccc1)c1n[nH]c2ccccc12. The third kappa shape index (κ3) is 3.54. The summed E-state index contributed by atoms with van der Waals surface area (Å²) in [5, 5.41) is 7.54. The molecular weight excluding hydrogens is 346 g/mol. The number of nitrogens with one attached hydrogen (secondary N) is 1. The lowest BCUT2D eigenvalue weighted by Gasteiger charge is -2.30. The van der Waals surface area contributed by atoms with E-state index in [4.69, 9.17) is 9.47 Å². The Morgan fingerprint density at radius 2 is 1.74 bits per heavy atom. The van der Waals surface area contributed by atoms with Crippen molar-refractivity contribution in [2.45, 2.75) is 6.10 Å². The molecule has 0 aliphatic carbocycles. The van der Waals surface area contributed by atoms with E-state index in [1.54, 1.807) is 23.1 Å². The van der Waals surface area contributed by atoms with Crippen molar-refractivity contribution >= 4 is 22.8 Å². The normalized spacial score (nSPS) is 15.5. The van der Waals surface area contributed by atoms with Crippen molar-refractivity contribution < 1.29 is 19.1 Å². The van der Waals surface area contributed by atoms with Crippen LogP contribution in [0.5, 0.6) is 0 Å². The van der Waals surface area contributed by atoms with E-state index in [0.29, 0.717) is 37.3 Å². The van der Waals surface area contributed by atoms with Crippen LogP contribution in [0, 0.1) is 0 Å². The topological polar surface area (TPSA) is 84.5 Å². The monoisotopic (exact) mass is 365 g/mol. The molecule has 27 heavy (non-hydrogen) atoms. The quantitative estimate of drug-likeness (QED) is 0.717. The van der Waals surface area contributed by atoms with Gasteiger partial charge in [0.15, 0.2) is 5.69 Å². The summed E-state index contributed by atoms with van der Waals surface area (Å²) in [6.07, 6.45) is -1.02. The largest absolute Gasteiger partial charge is 0.442 e. The van der Waals surface area contributed by atoms with Crippen LogP contribution in [-0.2, 0) is 14.3 Å². The lowest BCUT2D eigenvalue weighted by molar-refractivity contribution is -0.145. The fourth-order valence-electron chi connectivity index (χ4n) is 3.12. The van der Waals surface area contributed by atoms with Crippen LogP contribution in [0.2, 0.25) is 0 Å². The van der Waals surface area contributed by atoms with Crippen molar-refractivity contribution in [1.82, 2.24) is 15.1 Å². The summed E-state index contributed by atoms with van der Waals surface area (Å²) in [4.78, 5) is 27.5. The van der Waals surface area contributed by atoms with Crippen molar-refractivity contribution in [3.8, 4) is 0 Å². The van der Waals surface area contributed by atoms with Gasteiger partial charge in [0.05, 0.1) is 18.7 Å². The molecule has 3 aromatic rings. The Morgan fingerprint density at radius 3 is 2.52 bits per heavy atom. The highest BCUT2D eigenvalue weighted by Crippen LogP contribution is 2.24. The number of aromatic amines is 1. The second kappa shape index (κ2) is 7.59. The molecule has 1 atom stereocenters. The van der Waals surface area contributed by atoms with Gasteiger partial charge in [0.2, 0.25) is 6.10 Å². The van der Waals surface area contributed by atoms with Crippen LogP contribution in [0.4, 0.5) is 0 Å². The number of carbonyl (C=O) groups excluding carboxylic acids is 2. The summed E-state index contributed by atoms with van der Waals surface area (Å²) in [6.45, 7) is 1.91. The molecule has 1 aliphatic rings. The van der Waals surface area contributed by atoms with Gasteiger partial charge in [-0.25, -0.2) is 4.79 Å². The molecule has 1 N–H and O–H groups in total. The molecule has 1 amide bonds. The van der Waals surface area contributed by atoms with E-state index in [-0.39, 0.29) is 11.6 Å². The number of hydrogen-bond donors (Lipinski definition) is 1. The number of hydrogen-bond acceptors (Lipinski definition) is 5. The Bertz CT molecular complexity index is 948. The van der Waals surface area contributed by atoms with Crippen LogP contribution < -0.4 is 0 Å². The molecule has 7 heteroatoms. The molecule has 2 aromatic carbocycles. The van der Waals surface area contributed by atoms with Crippen LogP contribution >= 0.6 is 0 Å². The zero-order chi connectivity index (χ0) is 18.6. The van der Waals surface area contributed by atoms with E-state index >= 15 is 0 Å². The number of carbonyl (C=O) groups is 2. The zero-order valence-electron chi connectivity index (χ0n) is 14.6.